The summed E-state index contributed by atoms with van der Waals surface area (Å²) in [5, 5.41) is 12.2. The molecule has 2 amide bonds. The number of carboxylic acids is 1. The Morgan fingerprint density at radius 1 is 1.23 bits per heavy atom. The SMILES string of the molecule is O=C1CC(C(=O)N2C(C(=O)O)CC3CCCCC32)c2ccc(F)cc2N1. The van der Waals surface area contributed by atoms with Gasteiger partial charge in [0.05, 0.1) is 5.92 Å². The van der Waals surface area contributed by atoms with E-state index in [4.69, 9.17) is 0 Å². The van der Waals surface area contributed by atoms with E-state index in [1.807, 2.05) is 0 Å². The Bertz CT molecular complexity index is 781. The predicted molar refractivity (Wildman–Crippen MR) is 91.0 cm³/mol. The first-order valence-corrected chi connectivity index (χ1v) is 9.10. The van der Waals surface area contributed by atoms with Gasteiger partial charge in [-0.15, -0.1) is 0 Å². The summed E-state index contributed by atoms with van der Waals surface area (Å²) in [7, 11) is 0. The number of anilines is 1. The highest BCUT2D eigenvalue weighted by Gasteiger charge is 2.49. The van der Waals surface area contributed by atoms with Gasteiger partial charge in [-0.05, 0) is 42.9 Å². The average Bonchev–Trinajstić information content (AvgIpc) is 3.00. The number of likely N-dealkylation sites (tertiary alicyclic amines) is 1. The first-order valence-electron chi connectivity index (χ1n) is 9.10. The van der Waals surface area contributed by atoms with E-state index < -0.39 is 23.7 Å². The molecule has 4 rings (SSSR count). The zero-order valence-electron chi connectivity index (χ0n) is 14.3. The Kier molecular flexibility index (Phi) is 4.17. The molecule has 1 aliphatic carbocycles. The average molecular weight is 360 g/mol. The molecule has 6 nitrogen and oxygen atoms in total. The molecular weight excluding hydrogens is 339 g/mol. The lowest BCUT2D eigenvalue weighted by Gasteiger charge is -2.36. The number of benzene rings is 1. The maximum Gasteiger partial charge on any atom is 0.326 e. The van der Waals surface area contributed by atoms with E-state index in [9.17, 15) is 23.9 Å². The summed E-state index contributed by atoms with van der Waals surface area (Å²) in [5.74, 6) is -2.72. The van der Waals surface area contributed by atoms with Crippen LogP contribution in [-0.4, -0.2) is 39.9 Å². The number of rotatable bonds is 2. The molecule has 1 aromatic carbocycles. The Morgan fingerprint density at radius 2 is 2.00 bits per heavy atom. The second-order valence-corrected chi connectivity index (χ2v) is 7.48. The Labute approximate surface area is 150 Å². The third kappa shape index (κ3) is 2.75. The summed E-state index contributed by atoms with van der Waals surface area (Å²) in [6.45, 7) is 0. The van der Waals surface area contributed by atoms with Gasteiger partial charge < -0.3 is 15.3 Å². The molecule has 2 aliphatic heterocycles. The van der Waals surface area contributed by atoms with Gasteiger partial charge in [0, 0.05) is 18.2 Å². The van der Waals surface area contributed by atoms with Gasteiger partial charge in [-0.3, -0.25) is 9.59 Å². The van der Waals surface area contributed by atoms with Crippen LogP contribution in [0.15, 0.2) is 18.2 Å². The summed E-state index contributed by atoms with van der Waals surface area (Å²) < 4.78 is 13.5. The molecule has 4 unspecified atom stereocenters. The van der Waals surface area contributed by atoms with Crippen molar-refractivity contribution in [1.29, 1.82) is 0 Å². The van der Waals surface area contributed by atoms with E-state index in [0.717, 1.165) is 25.7 Å². The van der Waals surface area contributed by atoms with Crippen LogP contribution in [0.2, 0.25) is 0 Å². The minimum atomic E-state index is -0.993. The van der Waals surface area contributed by atoms with Crippen LogP contribution < -0.4 is 5.32 Å². The Morgan fingerprint density at radius 3 is 2.77 bits per heavy atom. The molecule has 2 heterocycles. The summed E-state index contributed by atoms with van der Waals surface area (Å²) in [5.41, 5.74) is 0.852. The Balaban J connectivity index is 1.70. The molecule has 1 saturated carbocycles. The number of carbonyl (C=O) groups is 3. The van der Waals surface area contributed by atoms with Gasteiger partial charge in [-0.25, -0.2) is 9.18 Å². The lowest BCUT2D eigenvalue weighted by Crippen LogP contribution is -2.49. The fraction of sp³-hybridized carbons (Fsp3) is 0.526. The molecule has 2 fully saturated rings. The number of carbonyl (C=O) groups excluding carboxylic acids is 2. The van der Waals surface area contributed by atoms with E-state index in [1.165, 1.54) is 23.1 Å². The van der Waals surface area contributed by atoms with Crippen LogP contribution >= 0.6 is 0 Å². The number of amides is 2. The quantitative estimate of drug-likeness (QED) is 0.848. The molecule has 2 N–H and O–H groups in total. The van der Waals surface area contributed by atoms with Crippen molar-refractivity contribution in [2.45, 2.75) is 56.5 Å². The van der Waals surface area contributed by atoms with Gasteiger partial charge in [-0.2, -0.15) is 0 Å². The molecule has 7 heteroatoms. The monoisotopic (exact) mass is 360 g/mol. The van der Waals surface area contributed by atoms with Gasteiger partial charge in [-0.1, -0.05) is 18.9 Å². The largest absolute Gasteiger partial charge is 0.480 e. The van der Waals surface area contributed by atoms with E-state index in [1.54, 1.807) is 0 Å². The van der Waals surface area contributed by atoms with Gasteiger partial charge in [0.2, 0.25) is 11.8 Å². The van der Waals surface area contributed by atoms with Crippen molar-refractivity contribution in [3.05, 3.63) is 29.6 Å². The van der Waals surface area contributed by atoms with Crippen molar-refractivity contribution in [3.63, 3.8) is 0 Å². The van der Waals surface area contributed by atoms with Crippen LogP contribution in [-0.2, 0) is 14.4 Å². The van der Waals surface area contributed by atoms with Crippen LogP contribution in [0.1, 0.15) is 50.0 Å². The van der Waals surface area contributed by atoms with Gasteiger partial charge in [0.25, 0.3) is 0 Å². The van der Waals surface area contributed by atoms with Gasteiger partial charge >= 0.3 is 5.97 Å². The smallest absolute Gasteiger partial charge is 0.326 e. The topological polar surface area (TPSA) is 86.7 Å². The second-order valence-electron chi connectivity index (χ2n) is 7.48. The number of nitrogens with one attached hydrogen (secondary N) is 1. The number of hydrogen-bond donors (Lipinski definition) is 2. The van der Waals surface area contributed by atoms with E-state index >= 15 is 0 Å². The fourth-order valence-corrected chi connectivity index (χ4v) is 4.84. The van der Waals surface area contributed by atoms with Gasteiger partial charge in [0.1, 0.15) is 11.9 Å². The lowest BCUT2D eigenvalue weighted by molar-refractivity contribution is -0.150. The van der Waals surface area contributed by atoms with E-state index in [0.29, 0.717) is 17.7 Å². The number of halogens is 1. The van der Waals surface area contributed by atoms with E-state index in [-0.39, 0.29) is 30.2 Å². The molecule has 0 radical (unpaired) electrons. The molecule has 4 atom stereocenters. The highest BCUT2D eigenvalue weighted by Crippen LogP contribution is 2.43. The van der Waals surface area contributed by atoms with Gasteiger partial charge in [0.15, 0.2) is 0 Å². The number of nitrogens with zero attached hydrogens (tertiary/aromatic N) is 1. The van der Waals surface area contributed by atoms with Crippen molar-refractivity contribution < 1.29 is 23.9 Å². The molecule has 0 bridgehead atoms. The number of carboxylic acid groups (broad SMARTS) is 1. The highest BCUT2D eigenvalue weighted by atomic mass is 19.1. The molecule has 3 aliphatic rings. The summed E-state index contributed by atoms with van der Waals surface area (Å²) >= 11 is 0. The fourth-order valence-electron chi connectivity index (χ4n) is 4.84. The molecule has 0 spiro atoms. The lowest BCUT2D eigenvalue weighted by atomic mass is 9.84. The first-order chi connectivity index (χ1) is 12.5. The van der Waals surface area contributed by atoms with Crippen molar-refractivity contribution in [2.24, 2.45) is 5.92 Å². The summed E-state index contributed by atoms with van der Waals surface area (Å²) in [6.07, 6.45) is 4.20. The zero-order chi connectivity index (χ0) is 18.4. The van der Waals surface area contributed by atoms with Crippen LogP contribution in [0.4, 0.5) is 10.1 Å². The van der Waals surface area contributed by atoms with Crippen molar-refractivity contribution in [1.82, 2.24) is 4.90 Å². The third-order valence-corrected chi connectivity index (χ3v) is 5.98. The minimum absolute atomic E-state index is 0.0440. The summed E-state index contributed by atoms with van der Waals surface area (Å²) in [4.78, 5) is 38.7. The molecule has 138 valence electrons. The van der Waals surface area contributed by atoms with Crippen LogP contribution in [0.3, 0.4) is 0 Å². The maximum atomic E-state index is 13.5. The van der Waals surface area contributed by atoms with Crippen LogP contribution in [0.5, 0.6) is 0 Å². The van der Waals surface area contributed by atoms with Crippen LogP contribution in [0, 0.1) is 11.7 Å². The van der Waals surface area contributed by atoms with Crippen molar-refractivity contribution >= 4 is 23.5 Å². The molecular formula is C19H21FN2O4. The van der Waals surface area contributed by atoms with E-state index in [2.05, 4.69) is 5.32 Å². The molecule has 26 heavy (non-hydrogen) atoms. The predicted octanol–water partition coefficient (Wildman–Crippen LogP) is 2.50. The Hall–Kier alpha value is -2.44. The number of aliphatic carboxylic acids is 1. The zero-order valence-corrected chi connectivity index (χ0v) is 14.3. The highest BCUT2D eigenvalue weighted by molar-refractivity contribution is 6.02. The first kappa shape index (κ1) is 17.0. The molecule has 1 aromatic rings. The van der Waals surface area contributed by atoms with Crippen molar-refractivity contribution in [2.75, 3.05) is 5.32 Å². The van der Waals surface area contributed by atoms with Crippen molar-refractivity contribution in [3.8, 4) is 0 Å². The van der Waals surface area contributed by atoms with Crippen LogP contribution in [0.25, 0.3) is 0 Å². The maximum absolute atomic E-state index is 13.5. The molecule has 1 saturated heterocycles. The number of fused-ring (bicyclic) bond motifs is 2. The molecule has 0 aromatic heterocycles. The standard InChI is InChI=1S/C19H21FN2O4/c20-11-5-6-12-13(9-17(23)21-14(12)8-11)18(24)22-15-4-2-1-3-10(15)7-16(22)19(25)26/h5-6,8,10,13,15-16H,1-4,7,9H2,(H,21,23)(H,25,26). The number of hydrogen-bond acceptors (Lipinski definition) is 3. The third-order valence-electron chi connectivity index (χ3n) is 5.98. The normalized spacial score (nSPS) is 30.3. The summed E-state index contributed by atoms with van der Waals surface area (Å²) in [6, 6.07) is 3.06. The second kappa shape index (κ2) is 6.37. The minimum Gasteiger partial charge on any atom is -0.480 e.